The Labute approximate surface area is 117 Å². The first kappa shape index (κ1) is 14.3. The molecule has 0 aliphatic carbocycles. The summed E-state index contributed by atoms with van der Waals surface area (Å²) in [5, 5.41) is 0. The van der Waals surface area contributed by atoms with Gasteiger partial charge in [0.2, 0.25) is 15.6 Å². The van der Waals surface area contributed by atoms with Crippen LogP contribution in [0.15, 0.2) is 47.4 Å². The SMILES string of the molecule is Cc1cccc(CS(=O)(=O)Nc2ccc(=O)n(C)c2)c1. The summed E-state index contributed by atoms with van der Waals surface area (Å²) < 4.78 is 27.9. The summed E-state index contributed by atoms with van der Waals surface area (Å²) >= 11 is 0. The van der Waals surface area contributed by atoms with Gasteiger partial charge in [-0.1, -0.05) is 29.8 Å². The first-order valence-electron chi connectivity index (χ1n) is 6.08. The average molecular weight is 292 g/mol. The van der Waals surface area contributed by atoms with E-state index >= 15 is 0 Å². The maximum atomic E-state index is 12.1. The summed E-state index contributed by atoms with van der Waals surface area (Å²) in [7, 11) is -1.93. The van der Waals surface area contributed by atoms with Crippen molar-refractivity contribution in [2.24, 2.45) is 7.05 Å². The molecule has 0 aliphatic heterocycles. The maximum absolute atomic E-state index is 12.1. The Hall–Kier alpha value is -2.08. The lowest BCUT2D eigenvalue weighted by molar-refractivity contribution is 0.600. The van der Waals surface area contributed by atoms with Crippen molar-refractivity contribution in [3.8, 4) is 0 Å². The van der Waals surface area contributed by atoms with Gasteiger partial charge in [0.15, 0.2) is 0 Å². The van der Waals surface area contributed by atoms with Crippen molar-refractivity contribution in [3.05, 3.63) is 64.1 Å². The molecule has 0 aliphatic rings. The fourth-order valence-electron chi connectivity index (χ4n) is 1.89. The first-order chi connectivity index (χ1) is 9.35. The highest BCUT2D eigenvalue weighted by Crippen LogP contribution is 2.12. The van der Waals surface area contributed by atoms with Crippen LogP contribution in [0, 0.1) is 6.92 Å². The third-order valence-corrected chi connectivity index (χ3v) is 4.06. The van der Waals surface area contributed by atoms with Crippen LogP contribution in [-0.2, 0) is 22.8 Å². The Kier molecular flexibility index (Phi) is 3.94. The molecular formula is C14H16N2O3S. The molecule has 1 aromatic carbocycles. The molecule has 106 valence electrons. The number of sulfonamides is 1. The van der Waals surface area contributed by atoms with Crippen molar-refractivity contribution < 1.29 is 8.42 Å². The van der Waals surface area contributed by atoms with Gasteiger partial charge in [0.1, 0.15) is 0 Å². The highest BCUT2D eigenvalue weighted by atomic mass is 32.2. The Morgan fingerprint density at radius 3 is 2.60 bits per heavy atom. The zero-order chi connectivity index (χ0) is 14.8. The minimum Gasteiger partial charge on any atom is -0.316 e. The van der Waals surface area contributed by atoms with Crippen molar-refractivity contribution in [1.82, 2.24) is 4.57 Å². The number of rotatable bonds is 4. The fourth-order valence-corrected chi connectivity index (χ4v) is 3.06. The van der Waals surface area contributed by atoms with E-state index in [1.54, 1.807) is 13.1 Å². The minimum absolute atomic E-state index is 0.0997. The number of hydrogen-bond acceptors (Lipinski definition) is 3. The molecule has 2 aromatic rings. The van der Waals surface area contributed by atoms with Gasteiger partial charge in [-0.3, -0.25) is 9.52 Å². The first-order valence-corrected chi connectivity index (χ1v) is 7.74. The molecule has 0 saturated heterocycles. The van der Waals surface area contributed by atoms with Gasteiger partial charge < -0.3 is 4.57 Å². The third kappa shape index (κ3) is 3.71. The lowest BCUT2D eigenvalue weighted by Crippen LogP contribution is -2.19. The third-order valence-electron chi connectivity index (χ3n) is 2.80. The molecule has 0 bridgehead atoms. The second-order valence-electron chi connectivity index (χ2n) is 4.72. The number of nitrogens with one attached hydrogen (secondary N) is 1. The summed E-state index contributed by atoms with van der Waals surface area (Å²) in [6.45, 7) is 1.91. The maximum Gasteiger partial charge on any atom is 0.250 e. The van der Waals surface area contributed by atoms with Gasteiger partial charge in [-0.25, -0.2) is 8.42 Å². The van der Waals surface area contributed by atoms with Crippen LogP contribution in [0.1, 0.15) is 11.1 Å². The molecule has 0 amide bonds. The fraction of sp³-hybridized carbons (Fsp3) is 0.214. The number of aromatic nitrogens is 1. The molecule has 1 heterocycles. The molecule has 1 N–H and O–H groups in total. The average Bonchev–Trinajstić information content (AvgIpc) is 2.33. The molecule has 20 heavy (non-hydrogen) atoms. The number of hydrogen-bond donors (Lipinski definition) is 1. The molecule has 0 saturated carbocycles. The van der Waals surface area contributed by atoms with Gasteiger partial charge >= 0.3 is 0 Å². The number of aryl methyl sites for hydroxylation is 2. The molecule has 0 spiro atoms. The summed E-state index contributed by atoms with van der Waals surface area (Å²) in [5.41, 5.74) is 1.92. The number of pyridine rings is 1. The predicted molar refractivity (Wildman–Crippen MR) is 79.1 cm³/mol. The Morgan fingerprint density at radius 2 is 1.95 bits per heavy atom. The largest absolute Gasteiger partial charge is 0.316 e. The lowest BCUT2D eigenvalue weighted by Gasteiger charge is -2.09. The van der Waals surface area contributed by atoms with Crippen LogP contribution in [0.25, 0.3) is 0 Å². The van der Waals surface area contributed by atoms with Crippen LogP contribution >= 0.6 is 0 Å². The van der Waals surface area contributed by atoms with Crippen LogP contribution < -0.4 is 10.3 Å². The van der Waals surface area contributed by atoms with Crippen molar-refractivity contribution >= 4 is 15.7 Å². The molecule has 0 fully saturated rings. The molecule has 6 heteroatoms. The van der Waals surface area contributed by atoms with Crippen LogP contribution in [0.2, 0.25) is 0 Å². The molecule has 0 radical (unpaired) electrons. The smallest absolute Gasteiger partial charge is 0.250 e. The highest BCUT2D eigenvalue weighted by Gasteiger charge is 2.12. The van der Waals surface area contributed by atoms with E-state index in [2.05, 4.69) is 4.72 Å². The van der Waals surface area contributed by atoms with Crippen LogP contribution in [-0.4, -0.2) is 13.0 Å². The Morgan fingerprint density at radius 1 is 1.20 bits per heavy atom. The van der Waals surface area contributed by atoms with E-state index in [0.717, 1.165) is 11.1 Å². The van der Waals surface area contributed by atoms with E-state index in [1.165, 1.54) is 22.9 Å². The van der Waals surface area contributed by atoms with Gasteiger partial charge in [0.05, 0.1) is 11.4 Å². The van der Waals surface area contributed by atoms with Gasteiger partial charge in [-0.05, 0) is 18.6 Å². The van der Waals surface area contributed by atoms with Gasteiger partial charge in [-0.15, -0.1) is 0 Å². The van der Waals surface area contributed by atoms with E-state index in [4.69, 9.17) is 0 Å². The van der Waals surface area contributed by atoms with E-state index < -0.39 is 10.0 Å². The molecular weight excluding hydrogens is 276 g/mol. The second kappa shape index (κ2) is 5.50. The molecule has 2 rings (SSSR count). The summed E-state index contributed by atoms with van der Waals surface area (Å²) in [6.07, 6.45) is 1.45. The number of anilines is 1. The topological polar surface area (TPSA) is 68.2 Å². The molecule has 5 nitrogen and oxygen atoms in total. The number of benzene rings is 1. The van der Waals surface area contributed by atoms with Crippen LogP contribution in [0.5, 0.6) is 0 Å². The van der Waals surface area contributed by atoms with Crippen LogP contribution in [0.4, 0.5) is 5.69 Å². The number of nitrogens with zero attached hydrogens (tertiary/aromatic N) is 1. The summed E-state index contributed by atoms with van der Waals surface area (Å²) in [6, 6.07) is 10.1. The Balaban J connectivity index is 2.19. The zero-order valence-corrected chi connectivity index (χ0v) is 12.1. The lowest BCUT2D eigenvalue weighted by atomic mass is 10.2. The zero-order valence-electron chi connectivity index (χ0n) is 11.3. The van der Waals surface area contributed by atoms with Gasteiger partial charge in [0, 0.05) is 19.3 Å². The van der Waals surface area contributed by atoms with Crippen molar-refractivity contribution in [2.75, 3.05) is 4.72 Å². The molecule has 1 aromatic heterocycles. The standard InChI is InChI=1S/C14H16N2O3S/c1-11-4-3-5-12(8-11)10-20(18,19)15-13-6-7-14(17)16(2)9-13/h3-9,15H,10H2,1-2H3. The van der Waals surface area contributed by atoms with Gasteiger partial charge in [0.25, 0.3) is 0 Å². The van der Waals surface area contributed by atoms with E-state index in [9.17, 15) is 13.2 Å². The van der Waals surface area contributed by atoms with E-state index in [-0.39, 0.29) is 11.3 Å². The predicted octanol–water partition coefficient (Wildman–Crippen LogP) is 1.64. The van der Waals surface area contributed by atoms with Crippen LogP contribution in [0.3, 0.4) is 0 Å². The Bertz CT molecular complexity index is 779. The summed E-state index contributed by atoms with van der Waals surface area (Å²) in [4.78, 5) is 11.3. The van der Waals surface area contributed by atoms with Crippen molar-refractivity contribution in [2.45, 2.75) is 12.7 Å². The van der Waals surface area contributed by atoms with Crippen molar-refractivity contribution in [3.63, 3.8) is 0 Å². The van der Waals surface area contributed by atoms with Crippen molar-refractivity contribution in [1.29, 1.82) is 0 Å². The summed E-state index contributed by atoms with van der Waals surface area (Å²) in [5.74, 6) is -0.0997. The minimum atomic E-state index is -3.50. The van der Waals surface area contributed by atoms with E-state index in [1.807, 2.05) is 25.1 Å². The second-order valence-corrected chi connectivity index (χ2v) is 6.44. The monoisotopic (exact) mass is 292 g/mol. The molecule has 0 unspecified atom stereocenters. The molecule has 0 atom stereocenters. The quantitative estimate of drug-likeness (QED) is 0.931. The highest BCUT2D eigenvalue weighted by molar-refractivity contribution is 7.91. The normalized spacial score (nSPS) is 11.3. The van der Waals surface area contributed by atoms with E-state index in [0.29, 0.717) is 5.69 Å². The van der Waals surface area contributed by atoms with Gasteiger partial charge in [-0.2, -0.15) is 0 Å².